The molecule has 1 fully saturated rings. The number of alkyl halides is 1. The number of nitrogens with one attached hydrogen (secondary N) is 1. The minimum Gasteiger partial charge on any atom is -0.336 e. The number of hydrogen-bond donors (Lipinski definition) is 1. The molecule has 2 atom stereocenters. The summed E-state index contributed by atoms with van der Waals surface area (Å²) in [6.07, 6.45) is 6.17. The van der Waals surface area contributed by atoms with Gasteiger partial charge in [-0.2, -0.15) is 0 Å². The Hall–Kier alpha value is -0.400. The third-order valence-corrected chi connectivity index (χ3v) is 5.62. The van der Waals surface area contributed by atoms with E-state index in [1.807, 2.05) is 6.92 Å². The van der Waals surface area contributed by atoms with Crippen molar-refractivity contribution in [1.82, 2.24) is 14.3 Å². The molecule has 2 unspecified atom stereocenters. The van der Waals surface area contributed by atoms with Crippen molar-refractivity contribution in [3.63, 3.8) is 0 Å². The molecule has 0 spiro atoms. The third-order valence-electron chi connectivity index (χ3n) is 3.41. The molecule has 1 N–H and O–H groups in total. The van der Waals surface area contributed by atoms with E-state index in [9.17, 15) is 8.42 Å². The van der Waals surface area contributed by atoms with E-state index in [1.54, 1.807) is 17.1 Å². The predicted molar refractivity (Wildman–Crippen MR) is 73.1 cm³/mol. The number of rotatable bonds is 5. The molecule has 0 bridgehead atoms. The zero-order chi connectivity index (χ0) is 13.2. The number of imidazole rings is 1. The maximum Gasteiger partial charge on any atom is 0.259 e. The number of aromatic nitrogens is 2. The van der Waals surface area contributed by atoms with E-state index in [0.29, 0.717) is 5.92 Å². The number of hydrogen-bond acceptors (Lipinski definition) is 3. The number of aryl methyl sites for hydroxylation is 1. The second-order valence-electron chi connectivity index (χ2n) is 4.62. The molecule has 0 aliphatic heterocycles. The lowest BCUT2D eigenvalue weighted by Crippen LogP contribution is -2.38. The lowest BCUT2D eigenvalue weighted by Gasteiger charge is -2.18. The summed E-state index contributed by atoms with van der Waals surface area (Å²) < 4.78 is 28.9. The van der Waals surface area contributed by atoms with Gasteiger partial charge in [0.25, 0.3) is 10.0 Å². The van der Waals surface area contributed by atoms with Crippen LogP contribution in [0.15, 0.2) is 17.6 Å². The van der Waals surface area contributed by atoms with Crippen molar-refractivity contribution in [2.45, 2.75) is 43.8 Å². The van der Waals surface area contributed by atoms with Gasteiger partial charge in [0.15, 0.2) is 5.03 Å². The molecular formula is C11H18BrN3O2S. The SMILES string of the molecule is CCn1cnc(S(=O)(=O)NC2CCCC2CBr)c1. The summed E-state index contributed by atoms with van der Waals surface area (Å²) in [6.45, 7) is 2.67. The maximum atomic E-state index is 12.2. The standard InChI is InChI=1S/C11H18BrN3O2S/c1-2-15-7-11(13-8-15)18(16,17)14-10-5-3-4-9(10)6-12/h7-10,14H,2-6H2,1H3. The lowest BCUT2D eigenvalue weighted by molar-refractivity contribution is 0.483. The Morgan fingerprint density at radius 3 is 2.94 bits per heavy atom. The molecule has 102 valence electrons. The van der Waals surface area contributed by atoms with Crippen LogP contribution in [0.2, 0.25) is 0 Å². The largest absolute Gasteiger partial charge is 0.336 e. The molecule has 18 heavy (non-hydrogen) atoms. The maximum absolute atomic E-state index is 12.2. The molecular weight excluding hydrogens is 318 g/mol. The monoisotopic (exact) mass is 335 g/mol. The van der Waals surface area contributed by atoms with Crippen LogP contribution in [0.4, 0.5) is 0 Å². The van der Waals surface area contributed by atoms with E-state index in [4.69, 9.17) is 0 Å². The van der Waals surface area contributed by atoms with Gasteiger partial charge >= 0.3 is 0 Å². The fraction of sp³-hybridized carbons (Fsp3) is 0.727. The topological polar surface area (TPSA) is 64.0 Å². The average molecular weight is 336 g/mol. The van der Waals surface area contributed by atoms with Crippen LogP contribution in [-0.4, -0.2) is 29.3 Å². The molecule has 1 heterocycles. The highest BCUT2D eigenvalue weighted by molar-refractivity contribution is 9.09. The van der Waals surface area contributed by atoms with Gasteiger partial charge in [-0.1, -0.05) is 22.4 Å². The van der Waals surface area contributed by atoms with Crippen molar-refractivity contribution in [2.24, 2.45) is 5.92 Å². The van der Waals surface area contributed by atoms with Gasteiger partial charge in [0, 0.05) is 24.1 Å². The third kappa shape index (κ3) is 2.95. The van der Waals surface area contributed by atoms with Crippen LogP contribution in [0.3, 0.4) is 0 Å². The molecule has 2 rings (SSSR count). The lowest BCUT2D eigenvalue weighted by atomic mass is 10.1. The molecule has 7 heteroatoms. The minimum atomic E-state index is -3.48. The smallest absolute Gasteiger partial charge is 0.259 e. The highest BCUT2D eigenvalue weighted by atomic mass is 79.9. The molecule has 0 aromatic carbocycles. The van der Waals surface area contributed by atoms with Gasteiger partial charge in [-0.05, 0) is 25.7 Å². The number of sulfonamides is 1. The summed E-state index contributed by atoms with van der Waals surface area (Å²) in [5.74, 6) is 0.382. The molecule has 1 aromatic rings. The van der Waals surface area contributed by atoms with Gasteiger partial charge in [0.2, 0.25) is 0 Å². The quantitative estimate of drug-likeness (QED) is 0.833. The molecule has 1 aliphatic carbocycles. The molecule has 0 saturated heterocycles. The van der Waals surface area contributed by atoms with Gasteiger partial charge in [0.05, 0.1) is 6.33 Å². The molecule has 1 saturated carbocycles. The summed E-state index contributed by atoms with van der Waals surface area (Å²) in [5, 5.41) is 0.952. The van der Waals surface area contributed by atoms with Crippen LogP contribution in [-0.2, 0) is 16.6 Å². The fourth-order valence-corrected chi connectivity index (χ4v) is 4.35. The van der Waals surface area contributed by atoms with Crippen molar-refractivity contribution in [1.29, 1.82) is 0 Å². The van der Waals surface area contributed by atoms with Crippen LogP contribution in [0, 0.1) is 5.92 Å². The molecule has 0 radical (unpaired) electrons. The van der Waals surface area contributed by atoms with Gasteiger partial charge in [0.1, 0.15) is 0 Å². The Bertz CT molecular complexity index is 500. The molecule has 0 amide bonds. The summed E-state index contributed by atoms with van der Waals surface area (Å²) in [4.78, 5) is 3.95. The minimum absolute atomic E-state index is 0.0288. The number of nitrogens with zero attached hydrogens (tertiary/aromatic N) is 2. The van der Waals surface area contributed by atoms with E-state index < -0.39 is 10.0 Å². The number of halogens is 1. The summed E-state index contributed by atoms with van der Waals surface area (Å²) in [6, 6.07) is 0.0288. The highest BCUT2D eigenvalue weighted by Gasteiger charge is 2.31. The van der Waals surface area contributed by atoms with Crippen molar-refractivity contribution in [2.75, 3.05) is 5.33 Å². The van der Waals surface area contributed by atoms with E-state index in [1.165, 1.54) is 0 Å². The van der Waals surface area contributed by atoms with Gasteiger partial charge in [-0.15, -0.1) is 0 Å². The Morgan fingerprint density at radius 2 is 2.33 bits per heavy atom. The molecule has 1 aromatic heterocycles. The van der Waals surface area contributed by atoms with E-state index in [0.717, 1.165) is 31.1 Å². The van der Waals surface area contributed by atoms with E-state index >= 15 is 0 Å². The first-order valence-electron chi connectivity index (χ1n) is 6.17. The Labute approximate surface area is 116 Å². The Kier molecular flexibility index (Phi) is 4.45. The molecule has 5 nitrogen and oxygen atoms in total. The second kappa shape index (κ2) is 5.71. The summed E-state index contributed by atoms with van der Waals surface area (Å²) >= 11 is 3.44. The predicted octanol–water partition coefficient (Wildman–Crippen LogP) is 1.74. The molecule has 1 aliphatic rings. The zero-order valence-corrected chi connectivity index (χ0v) is 12.7. The Balaban J connectivity index is 2.11. The van der Waals surface area contributed by atoms with Crippen molar-refractivity contribution in [3.05, 3.63) is 12.5 Å². The van der Waals surface area contributed by atoms with E-state index in [2.05, 4.69) is 25.6 Å². The van der Waals surface area contributed by atoms with Crippen LogP contribution < -0.4 is 4.72 Å². The van der Waals surface area contributed by atoms with Crippen LogP contribution in [0.25, 0.3) is 0 Å². The van der Waals surface area contributed by atoms with Gasteiger partial charge in [-0.25, -0.2) is 18.1 Å². The highest BCUT2D eigenvalue weighted by Crippen LogP contribution is 2.28. The van der Waals surface area contributed by atoms with Gasteiger partial charge < -0.3 is 4.57 Å². The summed E-state index contributed by atoms with van der Waals surface area (Å²) in [5.41, 5.74) is 0. The van der Waals surface area contributed by atoms with Crippen molar-refractivity contribution in [3.8, 4) is 0 Å². The van der Waals surface area contributed by atoms with Crippen LogP contribution in [0.1, 0.15) is 26.2 Å². The summed E-state index contributed by atoms with van der Waals surface area (Å²) in [7, 11) is -3.48. The first kappa shape index (κ1) is 14.0. The van der Waals surface area contributed by atoms with Crippen LogP contribution in [0.5, 0.6) is 0 Å². The normalized spacial score (nSPS) is 24.6. The second-order valence-corrected chi connectivity index (χ2v) is 6.92. The Morgan fingerprint density at radius 1 is 1.56 bits per heavy atom. The van der Waals surface area contributed by atoms with E-state index in [-0.39, 0.29) is 11.1 Å². The average Bonchev–Trinajstić information content (AvgIpc) is 2.96. The van der Waals surface area contributed by atoms with Gasteiger partial charge in [-0.3, -0.25) is 0 Å². The first-order chi connectivity index (χ1) is 8.56. The first-order valence-corrected chi connectivity index (χ1v) is 8.77. The zero-order valence-electron chi connectivity index (χ0n) is 10.3. The van der Waals surface area contributed by atoms with Crippen molar-refractivity contribution < 1.29 is 8.42 Å². The van der Waals surface area contributed by atoms with Crippen LogP contribution >= 0.6 is 15.9 Å². The van der Waals surface area contributed by atoms with Crippen molar-refractivity contribution >= 4 is 26.0 Å². The fourth-order valence-electron chi connectivity index (χ4n) is 2.29.